The quantitative estimate of drug-likeness (QED) is 0.836. The molecule has 96 valence electrons. The molecular formula is C10H6BrCl2NO2S2. The van der Waals surface area contributed by atoms with Gasteiger partial charge >= 0.3 is 0 Å². The average Bonchev–Trinajstić information content (AvgIpc) is 2.71. The van der Waals surface area contributed by atoms with Gasteiger partial charge in [0.15, 0.2) is 0 Å². The first-order valence-corrected chi connectivity index (χ1v) is 8.46. The van der Waals surface area contributed by atoms with Gasteiger partial charge in [0, 0.05) is 4.47 Å². The topological polar surface area (TPSA) is 46.2 Å². The molecule has 0 amide bonds. The molecule has 1 aromatic heterocycles. The molecule has 0 aliphatic heterocycles. The second-order valence-corrected chi connectivity index (χ2v) is 8.24. The van der Waals surface area contributed by atoms with E-state index in [1.807, 2.05) is 0 Å². The molecule has 0 spiro atoms. The lowest BCUT2D eigenvalue weighted by molar-refractivity contribution is 0.603. The molecule has 0 unspecified atom stereocenters. The van der Waals surface area contributed by atoms with Crippen LogP contribution in [0.2, 0.25) is 9.36 Å². The zero-order chi connectivity index (χ0) is 13.3. The fourth-order valence-corrected chi connectivity index (χ4v) is 4.35. The Morgan fingerprint density at radius 3 is 2.50 bits per heavy atom. The smallest absolute Gasteiger partial charge is 0.271 e. The van der Waals surface area contributed by atoms with Gasteiger partial charge in [-0.2, -0.15) is 0 Å². The first-order valence-electron chi connectivity index (χ1n) is 4.62. The van der Waals surface area contributed by atoms with Crippen molar-refractivity contribution in [3.05, 3.63) is 44.2 Å². The zero-order valence-electron chi connectivity index (χ0n) is 8.65. The van der Waals surface area contributed by atoms with E-state index in [1.54, 1.807) is 18.2 Å². The van der Waals surface area contributed by atoms with Gasteiger partial charge in [-0.1, -0.05) is 39.1 Å². The monoisotopic (exact) mass is 385 g/mol. The average molecular weight is 387 g/mol. The molecule has 8 heteroatoms. The van der Waals surface area contributed by atoms with Crippen LogP contribution in [-0.2, 0) is 10.0 Å². The van der Waals surface area contributed by atoms with Gasteiger partial charge in [-0.15, -0.1) is 11.3 Å². The lowest BCUT2D eigenvalue weighted by Crippen LogP contribution is -2.11. The summed E-state index contributed by atoms with van der Waals surface area (Å²) in [6.07, 6.45) is 0. The predicted octanol–water partition coefficient (Wildman–Crippen LogP) is 4.62. The van der Waals surface area contributed by atoms with Crippen LogP contribution in [0.5, 0.6) is 0 Å². The highest BCUT2D eigenvalue weighted by molar-refractivity contribution is 9.10. The van der Waals surface area contributed by atoms with Crippen molar-refractivity contribution in [1.82, 2.24) is 0 Å². The fourth-order valence-electron chi connectivity index (χ4n) is 1.21. The van der Waals surface area contributed by atoms with Gasteiger partial charge in [0.05, 0.1) is 15.0 Å². The van der Waals surface area contributed by atoms with Gasteiger partial charge in [-0.05, 0) is 30.3 Å². The van der Waals surface area contributed by atoms with E-state index in [9.17, 15) is 8.42 Å². The number of benzene rings is 1. The fraction of sp³-hybridized carbons (Fsp3) is 0. The van der Waals surface area contributed by atoms with Crippen LogP contribution in [0.1, 0.15) is 0 Å². The maximum atomic E-state index is 12.0. The number of thiophene rings is 1. The van der Waals surface area contributed by atoms with E-state index < -0.39 is 10.0 Å². The molecule has 0 atom stereocenters. The van der Waals surface area contributed by atoms with Gasteiger partial charge in [-0.3, -0.25) is 4.72 Å². The molecule has 0 fully saturated rings. The van der Waals surface area contributed by atoms with Crippen LogP contribution in [0.15, 0.2) is 39.0 Å². The van der Waals surface area contributed by atoms with Crippen molar-refractivity contribution < 1.29 is 8.42 Å². The Labute approximate surface area is 127 Å². The van der Waals surface area contributed by atoms with Gasteiger partial charge in [0.1, 0.15) is 4.21 Å². The minimum absolute atomic E-state index is 0.142. The molecule has 1 N–H and O–H groups in total. The van der Waals surface area contributed by atoms with Crippen LogP contribution >= 0.6 is 50.5 Å². The molecule has 0 aliphatic carbocycles. The molecule has 2 rings (SSSR count). The lowest BCUT2D eigenvalue weighted by Gasteiger charge is -2.08. The number of nitrogens with one attached hydrogen (secondary N) is 1. The van der Waals surface area contributed by atoms with Crippen molar-refractivity contribution in [2.75, 3.05) is 4.72 Å². The Kier molecular flexibility index (Phi) is 4.23. The molecule has 18 heavy (non-hydrogen) atoms. The second kappa shape index (κ2) is 5.38. The number of sulfonamides is 1. The first kappa shape index (κ1) is 14.1. The molecule has 0 radical (unpaired) electrons. The van der Waals surface area contributed by atoms with Gasteiger partial charge in [0.25, 0.3) is 10.0 Å². The standard InChI is InChI=1S/C10H6BrCl2NO2S2/c11-6-1-2-7(12)8(5-6)14-18(15,16)10-4-3-9(13)17-10/h1-5,14H. The normalized spacial score (nSPS) is 11.5. The summed E-state index contributed by atoms with van der Waals surface area (Å²) in [5, 5.41) is 0.324. The van der Waals surface area contributed by atoms with Crippen LogP contribution in [0, 0.1) is 0 Å². The van der Waals surface area contributed by atoms with Crippen molar-refractivity contribution in [3.8, 4) is 0 Å². The summed E-state index contributed by atoms with van der Waals surface area (Å²) >= 11 is 15.9. The van der Waals surface area contributed by atoms with Gasteiger partial charge < -0.3 is 0 Å². The van der Waals surface area contributed by atoms with Crippen molar-refractivity contribution in [1.29, 1.82) is 0 Å². The number of hydrogen-bond acceptors (Lipinski definition) is 3. The summed E-state index contributed by atoms with van der Waals surface area (Å²) in [5.41, 5.74) is 0.315. The molecule has 1 heterocycles. The number of anilines is 1. The summed E-state index contributed by atoms with van der Waals surface area (Å²) in [6.45, 7) is 0. The van der Waals surface area contributed by atoms with Gasteiger partial charge in [0.2, 0.25) is 0 Å². The highest BCUT2D eigenvalue weighted by Crippen LogP contribution is 2.31. The van der Waals surface area contributed by atoms with E-state index in [0.717, 1.165) is 15.8 Å². The van der Waals surface area contributed by atoms with Crippen LogP contribution in [0.25, 0.3) is 0 Å². The minimum Gasteiger partial charge on any atom is -0.277 e. The number of hydrogen-bond donors (Lipinski definition) is 1. The van der Waals surface area contributed by atoms with Crippen molar-refractivity contribution >= 4 is 66.2 Å². The Hall–Kier alpha value is -0.270. The van der Waals surface area contributed by atoms with Crippen molar-refractivity contribution in [3.63, 3.8) is 0 Å². The number of rotatable bonds is 3. The third-order valence-corrected chi connectivity index (χ3v) is 5.90. The molecule has 2 aromatic rings. The Morgan fingerprint density at radius 1 is 1.17 bits per heavy atom. The van der Waals surface area contributed by atoms with E-state index in [4.69, 9.17) is 23.2 Å². The second-order valence-electron chi connectivity index (χ2n) is 3.29. The molecule has 1 aromatic carbocycles. The van der Waals surface area contributed by atoms with Crippen molar-refractivity contribution in [2.24, 2.45) is 0 Å². The summed E-state index contributed by atoms with van der Waals surface area (Å²) in [6, 6.07) is 7.90. The minimum atomic E-state index is -3.65. The first-order chi connectivity index (χ1) is 8.38. The molecule has 3 nitrogen and oxygen atoms in total. The van der Waals surface area contributed by atoms with E-state index in [1.165, 1.54) is 12.1 Å². The largest absolute Gasteiger partial charge is 0.277 e. The lowest BCUT2D eigenvalue weighted by atomic mass is 10.3. The highest BCUT2D eigenvalue weighted by Gasteiger charge is 2.18. The Morgan fingerprint density at radius 2 is 1.89 bits per heavy atom. The highest BCUT2D eigenvalue weighted by atomic mass is 79.9. The van der Waals surface area contributed by atoms with E-state index in [2.05, 4.69) is 20.7 Å². The zero-order valence-corrected chi connectivity index (χ0v) is 13.4. The molecule has 0 bridgehead atoms. The van der Waals surface area contributed by atoms with Crippen LogP contribution in [0.3, 0.4) is 0 Å². The summed E-state index contributed by atoms with van der Waals surface area (Å²) in [5.74, 6) is 0. The summed E-state index contributed by atoms with van der Waals surface area (Å²) in [7, 11) is -3.65. The predicted molar refractivity (Wildman–Crippen MR) is 79.3 cm³/mol. The van der Waals surface area contributed by atoms with E-state index >= 15 is 0 Å². The third-order valence-electron chi connectivity index (χ3n) is 1.99. The maximum absolute atomic E-state index is 12.0. The molecule has 0 aliphatic rings. The van der Waals surface area contributed by atoms with Crippen molar-refractivity contribution in [2.45, 2.75) is 4.21 Å². The summed E-state index contributed by atoms with van der Waals surface area (Å²) < 4.78 is 27.8. The van der Waals surface area contributed by atoms with E-state index in [0.29, 0.717) is 15.0 Å². The van der Waals surface area contributed by atoms with Crippen LogP contribution in [-0.4, -0.2) is 8.42 Å². The Balaban J connectivity index is 2.36. The van der Waals surface area contributed by atoms with Crippen LogP contribution < -0.4 is 4.72 Å². The molecule has 0 saturated heterocycles. The maximum Gasteiger partial charge on any atom is 0.271 e. The Bertz CT molecular complexity index is 685. The SMILES string of the molecule is O=S(=O)(Nc1cc(Br)ccc1Cl)c1ccc(Cl)s1. The molecule has 0 saturated carbocycles. The molecular weight excluding hydrogens is 381 g/mol. The third kappa shape index (κ3) is 3.19. The van der Waals surface area contributed by atoms with E-state index in [-0.39, 0.29) is 4.21 Å². The van der Waals surface area contributed by atoms with Gasteiger partial charge in [-0.25, -0.2) is 8.42 Å². The summed E-state index contributed by atoms with van der Waals surface area (Å²) in [4.78, 5) is 0. The van der Waals surface area contributed by atoms with Crippen LogP contribution in [0.4, 0.5) is 5.69 Å². The number of halogens is 3.